The highest BCUT2D eigenvalue weighted by molar-refractivity contribution is 6.26. The number of carbonyl (C=O) groups is 6. The molecule has 1 aromatic carbocycles. The smallest absolute Gasteiger partial charge is 0.342 e. The van der Waals surface area contributed by atoms with E-state index in [1.54, 1.807) is 45.0 Å². The normalized spacial score (nSPS) is 23.7. The molecule has 5 unspecified atom stereocenters. The van der Waals surface area contributed by atoms with Gasteiger partial charge in [-0.1, -0.05) is 178 Å². The number of hydrogen-bond acceptors (Lipinski definition) is 10. The van der Waals surface area contributed by atoms with Crippen molar-refractivity contribution in [3.05, 3.63) is 76.1 Å². The first-order valence-electron chi connectivity index (χ1n) is 30.6. The zero-order valence-corrected chi connectivity index (χ0v) is 55.3. The van der Waals surface area contributed by atoms with Gasteiger partial charge in [-0.3, -0.25) is 14.4 Å². The van der Waals surface area contributed by atoms with Gasteiger partial charge in [0.2, 0.25) is 17.7 Å². The summed E-state index contributed by atoms with van der Waals surface area (Å²) in [5.74, 6) is -2.73. The number of amidine groups is 1. The lowest BCUT2D eigenvalue weighted by Crippen LogP contribution is -2.51. The summed E-state index contributed by atoms with van der Waals surface area (Å²) in [4.78, 5) is 91.4. The maximum atomic E-state index is 15.6. The number of nitrogens with one attached hydrogen (secondary N) is 4. The van der Waals surface area contributed by atoms with Crippen LogP contribution in [0.5, 0.6) is 5.75 Å². The van der Waals surface area contributed by atoms with E-state index in [0.717, 1.165) is 18.9 Å². The first kappa shape index (κ1) is 68.8. The molecule has 5 rings (SSSR count). The SMILES string of the molecule is C=CC(=O)NC(Cc1ccc(OCC2CC(C(C)(C)C)C(OC(=O)C3=C(C(C)C)C(=Cc4[nH]c(NC(=O)C(C)(C)C)c(C(=O)OC5C(C(C)(C)C)CC(C)CC5C(C)(C)C)c4C(C)C)N=C3NC(=O)C(C)(C)C)C(C(C)(C)C)C2)cc1)C(=O)O. The Balaban J connectivity index is 1.61. The maximum Gasteiger partial charge on any atom is 0.342 e. The number of amides is 3. The summed E-state index contributed by atoms with van der Waals surface area (Å²) in [7, 11) is 0. The summed E-state index contributed by atoms with van der Waals surface area (Å²) in [6, 6.07) is 6.09. The van der Waals surface area contributed by atoms with E-state index >= 15 is 9.59 Å². The van der Waals surface area contributed by atoms with E-state index in [0.29, 0.717) is 59.2 Å². The number of carboxylic acids is 1. The fraction of sp³-hybridized carbons (Fsp3) is 0.667. The number of nitrogens with zero attached hydrogens (tertiary/aromatic N) is 1. The van der Waals surface area contributed by atoms with Gasteiger partial charge in [-0.05, 0) is 112 Å². The van der Waals surface area contributed by atoms with Gasteiger partial charge in [0, 0.05) is 46.6 Å². The van der Waals surface area contributed by atoms with Crippen molar-refractivity contribution in [2.45, 2.75) is 216 Å². The summed E-state index contributed by atoms with van der Waals surface area (Å²) >= 11 is 0. The van der Waals surface area contributed by atoms with E-state index in [1.165, 1.54) is 0 Å². The topological polar surface area (TPSA) is 215 Å². The molecule has 0 radical (unpaired) electrons. The molecular weight excluding hydrogens is 1060 g/mol. The van der Waals surface area contributed by atoms with Gasteiger partial charge in [0.1, 0.15) is 46.8 Å². The van der Waals surface area contributed by atoms with Crippen LogP contribution in [0.4, 0.5) is 5.82 Å². The van der Waals surface area contributed by atoms with Crippen LogP contribution in [0.2, 0.25) is 0 Å². The van der Waals surface area contributed by atoms with E-state index in [1.807, 2.05) is 54.5 Å². The van der Waals surface area contributed by atoms with Gasteiger partial charge >= 0.3 is 17.9 Å². The lowest BCUT2D eigenvalue weighted by atomic mass is 9.58. The van der Waals surface area contributed by atoms with Crippen LogP contribution in [-0.2, 0) is 39.9 Å². The van der Waals surface area contributed by atoms with Crippen molar-refractivity contribution >= 4 is 53.4 Å². The first-order chi connectivity index (χ1) is 38.3. The molecule has 1 aromatic heterocycles. The minimum atomic E-state index is -1.15. The number of H-pyrrole nitrogens is 1. The standard InChI is InChI=1S/C69H105N5O10/c1-25-50(75)70-49(59(76)77)34-40-26-28-42(29-27-40)82-36-41-32-45(66(13,14)15)56(46(33-41)67(16,17)18)84-61(79)54-52(38(4)5)48(72-58(54)74-63(81)69(22,23)24)35-47-51(37(2)3)53(57(71-47)73-62(80)68(19,20)21)60(78)83-55-43(64(7,8)9)30-39(6)31-44(55)65(10,11)12/h25-29,35,37-39,41,43-46,49,55-56,71H,1,30-34,36H2,2-24H3,(H,70,75)(H,73,80)(H,76,77)(H,72,74,81). The Morgan fingerprint density at radius 2 is 1.14 bits per heavy atom. The molecule has 2 fully saturated rings. The van der Waals surface area contributed by atoms with Crippen LogP contribution in [0.3, 0.4) is 0 Å². The molecule has 0 spiro atoms. The molecule has 2 heterocycles. The van der Waals surface area contributed by atoms with E-state index in [-0.39, 0.29) is 104 Å². The third-order valence-electron chi connectivity index (χ3n) is 17.4. The average molecular weight is 1160 g/mol. The summed E-state index contributed by atoms with van der Waals surface area (Å²) in [5, 5.41) is 18.3. The number of carbonyl (C=O) groups excluding carboxylic acids is 5. The van der Waals surface area contributed by atoms with Crippen molar-refractivity contribution in [3.63, 3.8) is 0 Å². The molecule has 2 aliphatic carbocycles. The van der Waals surface area contributed by atoms with Crippen LogP contribution in [0.25, 0.3) is 6.08 Å². The molecule has 2 saturated carbocycles. The van der Waals surface area contributed by atoms with Gasteiger partial charge in [-0.15, -0.1) is 0 Å². The third-order valence-corrected chi connectivity index (χ3v) is 17.4. The summed E-state index contributed by atoms with van der Waals surface area (Å²) < 4.78 is 20.3. The molecule has 3 amide bonds. The molecule has 0 saturated heterocycles. The number of ether oxygens (including phenoxy) is 3. The summed E-state index contributed by atoms with van der Waals surface area (Å²) in [5.41, 5.74) is 0.519. The van der Waals surface area contributed by atoms with E-state index in [2.05, 4.69) is 118 Å². The van der Waals surface area contributed by atoms with E-state index < -0.39 is 52.9 Å². The lowest BCUT2D eigenvalue weighted by molar-refractivity contribution is -0.165. The number of aliphatic imine (C=N–C) groups is 1. The monoisotopic (exact) mass is 1160 g/mol. The Morgan fingerprint density at radius 3 is 1.57 bits per heavy atom. The number of benzene rings is 1. The second kappa shape index (κ2) is 25.9. The van der Waals surface area contributed by atoms with Crippen LogP contribution in [-0.4, -0.2) is 76.4 Å². The molecular formula is C69H105N5O10. The molecule has 2 aromatic rings. The van der Waals surface area contributed by atoms with Crippen LogP contribution < -0.4 is 20.7 Å². The number of rotatable bonds is 16. The van der Waals surface area contributed by atoms with Crippen LogP contribution >= 0.6 is 0 Å². The molecule has 5 N–H and O–H groups in total. The number of aromatic nitrogens is 1. The summed E-state index contributed by atoms with van der Waals surface area (Å²) in [6.45, 7) is 51.2. The molecule has 466 valence electrons. The van der Waals surface area contributed by atoms with Crippen molar-refractivity contribution < 1.29 is 48.1 Å². The largest absolute Gasteiger partial charge is 0.493 e. The van der Waals surface area contributed by atoms with Crippen LogP contribution in [0.15, 0.2) is 58.8 Å². The zero-order chi connectivity index (χ0) is 63.7. The van der Waals surface area contributed by atoms with Gasteiger partial charge in [0.25, 0.3) is 0 Å². The Kier molecular flexibility index (Phi) is 21.2. The lowest BCUT2D eigenvalue weighted by Gasteiger charge is -2.50. The zero-order valence-electron chi connectivity index (χ0n) is 55.3. The predicted octanol–water partition coefficient (Wildman–Crippen LogP) is 14.3. The molecule has 1 aliphatic heterocycles. The number of hydrogen-bond donors (Lipinski definition) is 5. The number of aliphatic carboxylic acids is 1. The first-order valence-corrected chi connectivity index (χ1v) is 30.6. The Morgan fingerprint density at radius 1 is 0.679 bits per heavy atom. The van der Waals surface area contributed by atoms with Gasteiger partial charge < -0.3 is 40.3 Å². The Labute approximate surface area is 503 Å². The highest BCUT2D eigenvalue weighted by Gasteiger charge is 2.51. The number of carboxylic acid groups (broad SMARTS) is 1. The predicted molar refractivity (Wildman–Crippen MR) is 335 cm³/mol. The minimum absolute atomic E-state index is 0.0731. The van der Waals surface area contributed by atoms with Crippen molar-refractivity contribution in [2.24, 2.45) is 78.9 Å². The summed E-state index contributed by atoms with van der Waals surface area (Å²) in [6.07, 6.45) is 5.21. The van der Waals surface area contributed by atoms with Gasteiger partial charge in [-0.25, -0.2) is 19.4 Å². The van der Waals surface area contributed by atoms with Crippen molar-refractivity contribution in [1.29, 1.82) is 0 Å². The van der Waals surface area contributed by atoms with Crippen LogP contribution in [0.1, 0.15) is 218 Å². The highest BCUT2D eigenvalue weighted by atomic mass is 16.5. The third kappa shape index (κ3) is 16.9. The van der Waals surface area contributed by atoms with E-state index in [9.17, 15) is 24.3 Å². The number of esters is 2. The highest BCUT2D eigenvalue weighted by Crippen LogP contribution is 2.52. The molecule has 15 nitrogen and oxygen atoms in total. The second-order valence-corrected chi connectivity index (χ2v) is 31.5. The van der Waals surface area contributed by atoms with Crippen molar-refractivity contribution in [2.75, 3.05) is 11.9 Å². The molecule has 0 bridgehead atoms. The number of anilines is 1. The van der Waals surface area contributed by atoms with Gasteiger partial charge in [-0.2, -0.15) is 0 Å². The maximum absolute atomic E-state index is 15.6. The van der Waals surface area contributed by atoms with Crippen molar-refractivity contribution in [3.8, 4) is 5.75 Å². The van der Waals surface area contributed by atoms with E-state index in [4.69, 9.17) is 19.2 Å². The van der Waals surface area contributed by atoms with Gasteiger partial charge in [0.05, 0.1) is 12.3 Å². The number of allylic oxidation sites excluding steroid dienone is 1. The molecule has 5 atom stereocenters. The second-order valence-electron chi connectivity index (χ2n) is 31.5. The minimum Gasteiger partial charge on any atom is -0.493 e. The van der Waals surface area contributed by atoms with Gasteiger partial charge in [0.15, 0.2) is 0 Å². The fourth-order valence-electron chi connectivity index (χ4n) is 12.5. The van der Waals surface area contributed by atoms with Crippen molar-refractivity contribution in [1.82, 2.24) is 15.6 Å². The molecule has 15 heteroatoms. The Bertz CT molecular complexity index is 2810. The molecule has 3 aliphatic rings. The van der Waals surface area contributed by atoms with Crippen LogP contribution in [0, 0.1) is 73.9 Å². The Hall–Kier alpha value is -5.99. The average Bonchev–Trinajstić information content (AvgIpc) is 1.61. The fourth-order valence-corrected chi connectivity index (χ4v) is 12.5. The number of aromatic amines is 1. The molecule has 84 heavy (non-hydrogen) atoms. The quantitative estimate of drug-likeness (QED) is 0.0792.